The highest BCUT2D eigenvalue weighted by Crippen LogP contribution is 2.21. The first kappa shape index (κ1) is 14.6. The van der Waals surface area contributed by atoms with Crippen molar-refractivity contribution in [2.24, 2.45) is 0 Å². The van der Waals surface area contributed by atoms with Gasteiger partial charge in [0.2, 0.25) is 5.91 Å². The average molecular weight is 270 g/mol. The van der Waals surface area contributed by atoms with Crippen LogP contribution in [0.25, 0.3) is 0 Å². The van der Waals surface area contributed by atoms with Gasteiger partial charge in [0.15, 0.2) is 0 Å². The molecule has 1 rings (SSSR count). The van der Waals surface area contributed by atoms with Crippen LogP contribution < -0.4 is 5.32 Å². The molecule has 0 saturated carbocycles. The number of nitro groups is 1. The third kappa shape index (κ3) is 3.76. The molecule has 0 aromatic carbocycles. The highest BCUT2D eigenvalue weighted by atomic mass is 16.6. The molecule has 1 aromatic heterocycles. The van der Waals surface area contributed by atoms with Crippen molar-refractivity contribution < 1.29 is 19.6 Å². The number of aryl methyl sites for hydroxylation is 2. The molecule has 9 nitrogen and oxygen atoms in total. The molecule has 1 heterocycles. The van der Waals surface area contributed by atoms with E-state index in [2.05, 4.69) is 10.4 Å². The molecule has 2 N–H and O–H groups in total. The van der Waals surface area contributed by atoms with Gasteiger partial charge in [-0.2, -0.15) is 5.10 Å². The van der Waals surface area contributed by atoms with E-state index in [0.29, 0.717) is 5.69 Å². The first-order valence-electron chi connectivity index (χ1n) is 5.49. The van der Waals surface area contributed by atoms with Gasteiger partial charge in [-0.25, -0.2) is 0 Å². The average Bonchev–Trinajstić information content (AvgIpc) is 2.58. The van der Waals surface area contributed by atoms with Gasteiger partial charge in [0.25, 0.3) is 0 Å². The van der Waals surface area contributed by atoms with Crippen molar-refractivity contribution in [3.63, 3.8) is 0 Å². The number of hydrogen-bond acceptors (Lipinski definition) is 5. The van der Waals surface area contributed by atoms with Crippen molar-refractivity contribution in [3.8, 4) is 0 Å². The molecule has 0 saturated heterocycles. The van der Waals surface area contributed by atoms with E-state index in [4.69, 9.17) is 5.11 Å². The Bertz CT molecular complexity index is 522. The molecular formula is C10H14N4O5. The molecule has 0 spiro atoms. The molecule has 0 radical (unpaired) electrons. The van der Waals surface area contributed by atoms with Crippen LogP contribution in [0.1, 0.15) is 17.8 Å². The molecule has 104 valence electrons. The van der Waals surface area contributed by atoms with Crippen LogP contribution in [0.2, 0.25) is 0 Å². The lowest BCUT2D eigenvalue weighted by Gasteiger charge is -2.04. The van der Waals surface area contributed by atoms with E-state index in [1.54, 1.807) is 6.92 Å². The summed E-state index contributed by atoms with van der Waals surface area (Å²) in [7, 11) is 0. The van der Waals surface area contributed by atoms with Crippen LogP contribution in [0, 0.1) is 24.0 Å². The lowest BCUT2D eigenvalue weighted by atomic mass is 10.3. The standard InChI is InChI=1S/C10H14N4O5/c1-6-10(14(18)19)7(2)13(12-6)4-3-8(15)11-5-9(16)17/h3-5H2,1-2H3,(H,11,15)(H,16,17). The van der Waals surface area contributed by atoms with Crippen LogP contribution in [0.3, 0.4) is 0 Å². The molecule has 0 atom stereocenters. The van der Waals surface area contributed by atoms with Gasteiger partial charge < -0.3 is 10.4 Å². The van der Waals surface area contributed by atoms with Crippen LogP contribution in [0.15, 0.2) is 0 Å². The van der Waals surface area contributed by atoms with E-state index in [9.17, 15) is 19.7 Å². The van der Waals surface area contributed by atoms with Gasteiger partial charge in [0.1, 0.15) is 17.9 Å². The Hall–Kier alpha value is -2.45. The lowest BCUT2D eigenvalue weighted by Crippen LogP contribution is -2.30. The summed E-state index contributed by atoms with van der Waals surface area (Å²) in [5, 5.41) is 25.3. The first-order chi connectivity index (χ1) is 8.82. The zero-order valence-electron chi connectivity index (χ0n) is 10.5. The van der Waals surface area contributed by atoms with E-state index in [0.717, 1.165) is 0 Å². The number of carboxylic acids is 1. The van der Waals surface area contributed by atoms with Gasteiger partial charge in [-0.3, -0.25) is 24.4 Å². The monoisotopic (exact) mass is 270 g/mol. The molecular weight excluding hydrogens is 256 g/mol. The molecule has 0 aliphatic heterocycles. The van der Waals surface area contributed by atoms with Crippen molar-refractivity contribution in [1.82, 2.24) is 15.1 Å². The molecule has 0 aliphatic rings. The Balaban J connectivity index is 2.64. The normalized spacial score (nSPS) is 10.2. The highest BCUT2D eigenvalue weighted by molar-refractivity contribution is 5.80. The molecule has 0 bridgehead atoms. The second-order valence-electron chi connectivity index (χ2n) is 3.92. The Morgan fingerprint density at radius 3 is 2.58 bits per heavy atom. The third-order valence-electron chi connectivity index (χ3n) is 2.51. The fraction of sp³-hybridized carbons (Fsp3) is 0.500. The van der Waals surface area contributed by atoms with Crippen LogP contribution in [-0.2, 0) is 16.1 Å². The van der Waals surface area contributed by atoms with Crippen LogP contribution in [0.4, 0.5) is 5.69 Å². The maximum atomic E-state index is 11.3. The topological polar surface area (TPSA) is 127 Å². The SMILES string of the molecule is Cc1nn(CCC(=O)NCC(=O)O)c(C)c1[N+](=O)[O-]. The van der Waals surface area contributed by atoms with Crippen LogP contribution in [0.5, 0.6) is 0 Å². The number of rotatable bonds is 6. The van der Waals surface area contributed by atoms with E-state index < -0.39 is 23.3 Å². The molecule has 19 heavy (non-hydrogen) atoms. The van der Waals surface area contributed by atoms with Crippen molar-refractivity contribution in [2.45, 2.75) is 26.8 Å². The largest absolute Gasteiger partial charge is 0.480 e. The highest BCUT2D eigenvalue weighted by Gasteiger charge is 2.21. The minimum atomic E-state index is -1.13. The van der Waals surface area contributed by atoms with Gasteiger partial charge >= 0.3 is 11.7 Å². The van der Waals surface area contributed by atoms with Crippen molar-refractivity contribution in [2.75, 3.05) is 6.54 Å². The fourth-order valence-electron chi connectivity index (χ4n) is 1.64. The third-order valence-corrected chi connectivity index (χ3v) is 2.51. The molecule has 1 amide bonds. The van der Waals surface area contributed by atoms with Crippen LogP contribution >= 0.6 is 0 Å². The number of nitrogens with zero attached hydrogens (tertiary/aromatic N) is 3. The predicted octanol–water partition coefficient (Wildman–Crippen LogP) is -0.000960. The summed E-state index contributed by atoms with van der Waals surface area (Å²) in [5.41, 5.74) is 0.591. The smallest absolute Gasteiger partial charge is 0.322 e. The van der Waals surface area contributed by atoms with E-state index in [1.165, 1.54) is 11.6 Å². The maximum absolute atomic E-state index is 11.3. The molecule has 1 aromatic rings. The minimum Gasteiger partial charge on any atom is -0.480 e. The molecule has 0 unspecified atom stereocenters. The van der Waals surface area contributed by atoms with Crippen LogP contribution in [-0.4, -0.2) is 38.2 Å². The summed E-state index contributed by atoms with van der Waals surface area (Å²) < 4.78 is 1.37. The quantitative estimate of drug-likeness (QED) is 0.553. The summed E-state index contributed by atoms with van der Waals surface area (Å²) in [4.78, 5) is 31.8. The molecule has 0 fully saturated rings. The van der Waals surface area contributed by atoms with E-state index >= 15 is 0 Å². The van der Waals surface area contributed by atoms with Crippen molar-refractivity contribution in [3.05, 3.63) is 21.5 Å². The summed E-state index contributed by atoms with van der Waals surface area (Å²) >= 11 is 0. The number of nitrogens with one attached hydrogen (secondary N) is 1. The van der Waals surface area contributed by atoms with Crippen molar-refractivity contribution >= 4 is 17.6 Å². The first-order valence-corrected chi connectivity index (χ1v) is 5.49. The number of amides is 1. The summed E-state index contributed by atoms with van der Waals surface area (Å²) in [6.07, 6.45) is 0.00634. The van der Waals surface area contributed by atoms with Gasteiger partial charge in [0, 0.05) is 6.42 Å². The number of aliphatic carboxylic acids is 1. The minimum absolute atomic E-state index is 0.00634. The van der Waals surface area contributed by atoms with Gasteiger partial charge in [-0.15, -0.1) is 0 Å². The zero-order valence-corrected chi connectivity index (χ0v) is 10.5. The second-order valence-corrected chi connectivity index (χ2v) is 3.92. The van der Waals surface area contributed by atoms with E-state index in [1.807, 2.05) is 0 Å². The summed E-state index contributed by atoms with van der Waals surface area (Å²) in [6.45, 7) is 2.78. The predicted molar refractivity (Wildman–Crippen MR) is 63.6 cm³/mol. The Labute approximate surface area is 108 Å². The van der Waals surface area contributed by atoms with Gasteiger partial charge in [-0.1, -0.05) is 0 Å². The number of carbonyl (C=O) groups is 2. The lowest BCUT2D eigenvalue weighted by molar-refractivity contribution is -0.386. The maximum Gasteiger partial charge on any atom is 0.322 e. The Morgan fingerprint density at radius 1 is 1.47 bits per heavy atom. The van der Waals surface area contributed by atoms with E-state index in [-0.39, 0.29) is 24.3 Å². The Kier molecular flexibility index (Phi) is 4.56. The molecule has 0 aliphatic carbocycles. The number of aromatic nitrogens is 2. The molecule has 9 heteroatoms. The second kappa shape index (κ2) is 5.94. The zero-order chi connectivity index (χ0) is 14.6. The number of carbonyl (C=O) groups excluding carboxylic acids is 1. The summed E-state index contributed by atoms with van der Waals surface area (Å²) in [6, 6.07) is 0. The van der Waals surface area contributed by atoms with Gasteiger partial charge in [0.05, 0.1) is 11.5 Å². The van der Waals surface area contributed by atoms with Gasteiger partial charge in [-0.05, 0) is 13.8 Å². The Morgan fingerprint density at radius 2 is 2.11 bits per heavy atom. The number of carboxylic acid groups (broad SMARTS) is 1. The number of hydrogen-bond donors (Lipinski definition) is 2. The summed E-state index contributed by atoms with van der Waals surface area (Å²) in [5.74, 6) is -1.58. The fourth-order valence-corrected chi connectivity index (χ4v) is 1.64. The van der Waals surface area contributed by atoms with Crippen molar-refractivity contribution in [1.29, 1.82) is 0 Å².